The van der Waals surface area contributed by atoms with Crippen LogP contribution in [-0.2, 0) is 25.5 Å². The molecule has 0 fully saturated rings. The molecule has 3 aromatic carbocycles. The molecule has 40 heavy (non-hydrogen) atoms. The number of hydrogen-bond acceptors (Lipinski definition) is 7. The highest BCUT2D eigenvalue weighted by molar-refractivity contribution is 5.94. The highest BCUT2D eigenvalue weighted by atomic mass is 16.5. The van der Waals surface area contributed by atoms with Gasteiger partial charge in [0, 0.05) is 23.4 Å². The molecule has 208 valence electrons. The first-order valence-corrected chi connectivity index (χ1v) is 13.0. The first-order valence-electron chi connectivity index (χ1n) is 13.0. The molecule has 0 spiro atoms. The van der Waals surface area contributed by atoms with E-state index in [1.165, 1.54) is 0 Å². The summed E-state index contributed by atoms with van der Waals surface area (Å²) >= 11 is 0. The van der Waals surface area contributed by atoms with E-state index in [4.69, 9.17) is 15.2 Å². The van der Waals surface area contributed by atoms with Gasteiger partial charge in [0.25, 0.3) is 0 Å². The van der Waals surface area contributed by atoms with Gasteiger partial charge in [-0.1, -0.05) is 36.4 Å². The van der Waals surface area contributed by atoms with Gasteiger partial charge in [-0.15, -0.1) is 0 Å². The topological polar surface area (TPSA) is 149 Å². The summed E-state index contributed by atoms with van der Waals surface area (Å²) in [7, 11) is 0. The molecule has 0 aromatic heterocycles. The second-order valence-corrected chi connectivity index (χ2v) is 9.42. The van der Waals surface area contributed by atoms with E-state index in [1.807, 2.05) is 25.1 Å². The van der Waals surface area contributed by atoms with Crippen LogP contribution in [0.4, 0.5) is 16.2 Å². The predicted molar refractivity (Wildman–Crippen MR) is 150 cm³/mol. The number of nitrogens with one attached hydrogen (secondary N) is 3. The zero-order valence-electron chi connectivity index (χ0n) is 22.4. The second kappa shape index (κ2) is 12.8. The van der Waals surface area contributed by atoms with Crippen LogP contribution in [0.25, 0.3) is 0 Å². The number of rotatable bonds is 6. The molecule has 0 radical (unpaired) electrons. The maximum atomic E-state index is 13.9. The van der Waals surface area contributed by atoms with E-state index >= 15 is 0 Å². The largest absolute Gasteiger partial charge is 0.466 e. The Kier molecular flexibility index (Phi) is 9.00. The number of esters is 1. The van der Waals surface area contributed by atoms with Gasteiger partial charge in [-0.2, -0.15) is 0 Å². The number of benzene rings is 3. The lowest BCUT2D eigenvalue weighted by Gasteiger charge is -2.25. The van der Waals surface area contributed by atoms with Crippen molar-refractivity contribution < 1.29 is 28.7 Å². The molecule has 2 heterocycles. The highest BCUT2D eigenvalue weighted by Crippen LogP contribution is 2.27. The molecule has 3 amide bonds. The van der Waals surface area contributed by atoms with E-state index in [0.29, 0.717) is 34.5 Å². The SMILES string of the molecule is CCOC(=O)CC1NC(=O)C(Nc2cccc(C(N)=O)c2)c2ccc(c(C)c2)CCOC(=O)Nc2cccc1c2. The Labute approximate surface area is 232 Å². The van der Waals surface area contributed by atoms with E-state index in [2.05, 4.69) is 16.0 Å². The fourth-order valence-electron chi connectivity index (χ4n) is 4.54. The molecule has 2 aliphatic rings. The number of primary amides is 1. The number of anilines is 2. The normalized spacial score (nSPS) is 17.2. The summed E-state index contributed by atoms with van der Waals surface area (Å²) in [6, 6.07) is 17.4. The summed E-state index contributed by atoms with van der Waals surface area (Å²) in [5.74, 6) is -1.48. The lowest BCUT2D eigenvalue weighted by Crippen LogP contribution is -2.37. The molecule has 5 N–H and O–H groups in total. The van der Waals surface area contributed by atoms with Crippen molar-refractivity contribution in [3.63, 3.8) is 0 Å². The molecule has 2 unspecified atom stereocenters. The van der Waals surface area contributed by atoms with Gasteiger partial charge in [-0.25, -0.2) is 4.79 Å². The molecule has 4 bridgehead atoms. The van der Waals surface area contributed by atoms with Crippen LogP contribution in [0.5, 0.6) is 0 Å². The number of aryl methyl sites for hydroxylation is 1. The summed E-state index contributed by atoms with van der Waals surface area (Å²) in [4.78, 5) is 50.6. The zero-order valence-corrected chi connectivity index (χ0v) is 22.4. The highest BCUT2D eigenvalue weighted by Gasteiger charge is 2.27. The molecule has 0 saturated carbocycles. The number of nitrogens with two attached hydrogens (primary N) is 1. The molecule has 10 nitrogen and oxygen atoms in total. The van der Waals surface area contributed by atoms with Crippen LogP contribution in [0.2, 0.25) is 0 Å². The van der Waals surface area contributed by atoms with Crippen molar-refractivity contribution in [2.45, 2.75) is 38.8 Å². The molecular formula is C30H32N4O6. The molecule has 5 rings (SSSR count). The molecular weight excluding hydrogens is 512 g/mol. The Morgan fingerprint density at radius 1 is 1.05 bits per heavy atom. The molecule has 10 heteroatoms. The smallest absolute Gasteiger partial charge is 0.411 e. The van der Waals surface area contributed by atoms with E-state index in [1.54, 1.807) is 55.5 Å². The number of carbonyl (C=O) groups is 4. The van der Waals surface area contributed by atoms with Crippen LogP contribution in [0.15, 0.2) is 66.7 Å². The third kappa shape index (κ3) is 7.16. The van der Waals surface area contributed by atoms with Crippen molar-refractivity contribution in [3.8, 4) is 0 Å². The first kappa shape index (κ1) is 28.2. The molecule has 0 aliphatic carbocycles. The lowest BCUT2D eigenvalue weighted by atomic mass is 9.96. The number of ether oxygens (including phenoxy) is 2. The summed E-state index contributed by atoms with van der Waals surface area (Å²) < 4.78 is 10.5. The fourth-order valence-corrected chi connectivity index (χ4v) is 4.54. The Bertz CT molecular complexity index is 1420. The van der Waals surface area contributed by atoms with Gasteiger partial charge in [-0.3, -0.25) is 19.7 Å². The van der Waals surface area contributed by atoms with Crippen LogP contribution in [0.1, 0.15) is 58.0 Å². The number of hydrogen-bond donors (Lipinski definition) is 4. The van der Waals surface area contributed by atoms with Gasteiger partial charge in [0.15, 0.2) is 0 Å². The van der Waals surface area contributed by atoms with Gasteiger partial charge in [0.1, 0.15) is 6.04 Å². The third-order valence-electron chi connectivity index (χ3n) is 6.55. The molecule has 0 saturated heterocycles. The van der Waals surface area contributed by atoms with Crippen molar-refractivity contribution in [1.29, 1.82) is 0 Å². The summed E-state index contributed by atoms with van der Waals surface area (Å²) in [6.45, 7) is 3.98. The van der Waals surface area contributed by atoms with Crippen LogP contribution < -0.4 is 21.7 Å². The third-order valence-corrected chi connectivity index (χ3v) is 6.55. The summed E-state index contributed by atoms with van der Waals surface area (Å²) in [6.07, 6.45) is -0.242. The van der Waals surface area contributed by atoms with E-state index in [-0.39, 0.29) is 19.6 Å². The van der Waals surface area contributed by atoms with Crippen LogP contribution >= 0.6 is 0 Å². The van der Waals surface area contributed by atoms with Gasteiger partial charge < -0.3 is 25.8 Å². The average molecular weight is 545 g/mol. The van der Waals surface area contributed by atoms with Crippen molar-refractivity contribution >= 4 is 35.3 Å². The van der Waals surface area contributed by atoms with Crippen LogP contribution in [0, 0.1) is 6.92 Å². The number of amides is 3. The lowest BCUT2D eigenvalue weighted by molar-refractivity contribution is -0.143. The maximum absolute atomic E-state index is 13.9. The molecule has 2 atom stereocenters. The number of fused-ring (bicyclic) bond motifs is 9. The Morgan fingerprint density at radius 3 is 2.60 bits per heavy atom. The average Bonchev–Trinajstić information content (AvgIpc) is 2.92. The molecule has 3 aromatic rings. The molecule has 2 aliphatic heterocycles. The van der Waals surface area contributed by atoms with Gasteiger partial charge >= 0.3 is 12.1 Å². The fraction of sp³-hybridized carbons (Fsp3) is 0.267. The van der Waals surface area contributed by atoms with E-state index < -0.39 is 36.0 Å². The van der Waals surface area contributed by atoms with Gasteiger partial charge in [-0.05, 0) is 66.4 Å². The van der Waals surface area contributed by atoms with E-state index in [0.717, 1.165) is 11.1 Å². The Morgan fingerprint density at radius 2 is 1.85 bits per heavy atom. The zero-order chi connectivity index (χ0) is 28.6. The Hall–Kier alpha value is -4.86. The van der Waals surface area contributed by atoms with Crippen LogP contribution in [0.3, 0.4) is 0 Å². The second-order valence-electron chi connectivity index (χ2n) is 9.42. The monoisotopic (exact) mass is 544 g/mol. The summed E-state index contributed by atoms with van der Waals surface area (Å²) in [5, 5.41) is 8.91. The minimum atomic E-state index is -0.882. The van der Waals surface area contributed by atoms with Gasteiger partial charge in [0.2, 0.25) is 11.8 Å². The van der Waals surface area contributed by atoms with Crippen molar-refractivity contribution in [3.05, 3.63) is 94.5 Å². The quantitative estimate of drug-likeness (QED) is 0.341. The minimum absolute atomic E-state index is 0.130. The van der Waals surface area contributed by atoms with Crippen molar-refractivity contribution in [2.75, 3.05) is 23.8 Å². The van der Waals surface area contributed by atoms with Crippen LogP contribution in [-0.4, -0.2) is 37.1 Å². The minimum Gasteiger partial charge on any atom is -0.466 e. The summed E-state index contributed by atoms with van der Waals surface area (Å²) in [5.41, 5.74) is 9.85. The maximum Gasteiger partial charge on any atom is 0.411 e. The van der Waals surface area contributed by atoms with Crippen molar-refractivity contribution in [1.82, 2.24) is 5.32 Å². The first-order chi connectivity index (χ1) is 19.2. The van der Waals surface area contributed by atoms with E-state index in [9.17, 15) is 19.2 Å². The predicted octanol–water partition coefficient (Wildman–Crippen LogP) is 4.16. The number of carbonyl (C=O) groups excluding carboxylic acids is 4. The Balaban J connectivity index is 1.76. The standard InChI is InChI=1S/C30H32N4O6/c1-3-39-26(35)17-25-20-6-4-9-24(15-20)33-30(38)40-13-12-19-10-11-21(14-18(19)2)27(29(37)34-25)32-23-8-5-7-22(16-23)28(31)36/h4-11,14-16,25,27,32H,3,12-13,17H2,1-2H3,(H2,31,36)(H,33,38)(H,34,37). The van der Waals surface area contributed by atoms with Crippen molar-refractivity contribution in [2.24, 2.45) is 5.73 Å². The van der Waals surface area contributed by atoms with Gasteiger partial charge in [0.05, 0.1) is 25.7 Å².